The standard InChI is InChI=1S/C35H47N3O7/c1-5-13-23(4)37-19-12-8-11-16-28(40)44-21-25(24-14-9-7-10-15-24)36-32(41)29-27-17-18-35(45-27)30(29)33(42)38(31(35)34(37)43)26(20-39)22(3)6-2/h7-10,12,14-15,17-18,22-23,25-27,29-31,39H,5-6,11,13,16,19-21H2,1-4H3,(H,36,41)/b12-8-/t22-,23?,25-,26-,27-,29+,30+,31-,35+/m0/s1. The molecule has 244 valence electrons. The van der Waals surface area contributed by atoms with E-state index in [9.17, 15) is 24.3 Å². The predicted octanol–water partition coefficient (Wildman–Crippen LogP) is 3.31. The number of aliphatic hydroxyl groups excluding tert-OH is 1. The SMILES string of the molecule is CCCC(C)N1C/C=C\CCC(=O)OC[C@@H](c2ccccc2)NC(=O)[C@@H]2[C@@H]3C=C[C@]4(O3)[C@H](C1=O)N([C@@H](CO)[C@@H](C)CC)C(=O)[C@@H]24. The largest absolute Gasteiger partial charge is 0.463 e. The fraction of sp³-hybridized carbons (Fsp3) is 0.600. The molecule has 4 aliphatic heterocycles. The first kappa shape index (κ1) is 32.9. The van der Waals surface area contributed by atoms with E-state index in [2.05, 4.69) is 12.2 Å². The number of cyclic esters (lactones) is 1. The van der Waals surface area contributed by atoms with Crippen LogP contribution in [0, 0.1) is 17.8 Å². The Morgan fingerprint density at radius 2 is 1.82 bits per heavy atom. The number of benzene rings is 1. The van der Waals surface area contributed by atoms with Crippen molar-refractivity contribution in [2.24, 2.45) is 17.8 Å². The molecule has 2 saturated heterocycles. The molecular formula is C35H47N3O7. The zero-order chi connectivity index (χ0) is 32.3. The lowest BCUT2D eigenvalue weighted by atomic mass is 9.74. The fourth-order valence-electron chi connectivity index (χ4n) is 7.51. The van der Waals surface area contributed by atoms with E-state index >= 15 is 0 Å². The summed E-state index contributed by atoms with van der Waals surface area (Å²) >= 11 is 0. The van der Waals surface area contributed by atoms with Gasteiger partial charge in [0, 0.05) is 19.0 Å². The minimum absolute atomic E-state index is 0.0632. The molecule has 4 aliphatic rings. The quantitative estimate of drug-likeness (QED) is 0.337. The maximum absolute atomic E-state index is 14.8. The fourth-order valence-corrected chi connectivity index (χ4v) is 7.51. The van der Waals surface area contributed by atoms with Gasteiger partial charge in [-0.25, -0.2) is 0 Å². The van der Waals surface area contributed by atoms with Crippen molar-refractivity contribution in [1.82, 2.24) is 15.1 Å². The average molecular weight is 622 g/mol. The predicted molar refractivity (Wildman–Crippen MR) is 167 cm³/mol. The molecule has 1 unspecified atom stereocenters. The van der Waals surface area contributed by atoms with Crippen LogP contribution in [0.5, 0.6) is 0 Å². The molecule has 4 heterocycles. The highest BCUT2D eigenvalue weighted by atomic mass is 16.5. The van der Waals surface area contributed by atoms with Crippen LogP contribution in [0.25, 0.3) is 0 Å². The molecule has 0 aromatic heterocycles. The van der Waals surface area contributed by atoms with E-state index < -0.39 is 47.6 Å². The van der Waals surface area contributed by atoms with Crippen LogP contribution in [0.2, 0.25) is 0 Å². The molecule has 5 bridgehead atoms. The Morgan fingerprint density at radius 1 is 1.07 bits per heavy atom. The summed E-state index contributed by atoms with van der Waals surface area (Å²) in [6.45, 7) is 7.91. The lowest BCUT2D eigenvalue weighted by Gasteiger charge is -2.41. The maximum atomic E-state index is 14.8. The molecule has 1 spiro atoms. The lowest BCUT2D eigenvalue weighted by molar-refractivity contribution is -0.153. The summed E-state index contributed by atoms with van der Waals surface area (Å²) in [5.41, 5.74) is -0.589. The number of amides is 3. The van der Waals surface area contributed by atoms with Crippen molar-refractivity contribution in [2.45, 2.75) is 95.7 Å². The van der Waals surface area contributed by atoms with E-state index in [0.717, 1.165) is 18.4 Å². The Labute approximate surface area is 265 Å². The average Bonchev–Trinajstić information content (AvgIpc) is 3.68. The van der Waals surface area contributed by atoms with Crippen molar-refractivity contribution in [2.75, 3.05) is 19.8 Å². The normalized spacial score (nSPS) is 33.0. The summed E-state index contributed by atoms with van der Waals surface area (Å²) in [4.78, 5) is 59.6. The molecule has 5 rings (SSSR count). The number of carbonyl (C=O) groups is 4. The van der Waals surface area contributed by atoms with E-state index in [0.29, 0.717) is 12.8 Å². The second kappa shape index (κ2) is 13.9. The molecule has 2 N–H and O–H groups in total. The summed E-state index contributed by atoms with van der Waals surface area (Å²) in [5.74, 6) is -3.38. The van der Waals surface area contributed by atoms with Crippen LogP contribution in [0.3, 0.4) is 0 Å². The van der Waals surface area contributed by atoms with Gasteiger partial charge in [0.25, 0.3) is 0 Å². The van der Waals surface area contributed by atoms with Crippen molar-refractivity contribution < 1.29 is 33.8 Å². The monoisotopic (exact) mass is 621 g/mol. The van der Waals surface area contributed by atoms with Crippen molar-refractivity contribution in [1.29, 1.82) is 0 Å². The number of hydrogen-bond acceptors (Lipinski definition) is 7. The van der Waals surface area contributed by atoms with Crippen LogP contribution in [-0.4, -0.2) is 88.2 Å². The van der Waals surface area contributed by atoms with E-state index in [1.165, 1.54) is 0 Å². The smallest absolute Gasteiger partial charge is 0.306 e. The molecule has 1 aromatic carbocycles. The number of carbonyl (C=O) groups excluding carboxylic acids is 4. The Morgan fingerprint density at radius 3 is 2.51 bits per heavy atom. The first-order valence-corrected chi connectivity index (χ1v) is 16.4. The second-order valence-corrected chi connectivity index (χ2v) is 12.9. The van der Waals surface area contributed by atoms with Gasteiger partial charge in [0.2, 0.25) is 17.7 Å². The van der Waals surface area contributed by atoms with Gasteiger partial charge in [-0.1, -0.05) is 88.2 Å². The van der Waals surface area contributed by atoms with E-state index in [1.807, 2.05) is 63.3 Å². The first-order valence-electron chi connectivity index (χ1n) is 16.4. The number of aliphatic hydroxyl groups is 1. The number of nitrogens with zero attached hydrogens (tertiary/aromatic N) is 2. The lowest BCUT2D eigenvalue weighted by Crippen LogP contribution is -2.60. The summed E-state index contributed by atoms with van der Waals surface area (Å²) in [6.07, 6.45) is 9.54. The Kier molecular flexibility index (Phi) is 10.1. The number of esters is 1. The maximum Gasteiger partial charge on any atom is 0.306 e. The van der Waals surface area contributed by atoms with E-state index in [4.69, 9.17) is 9.47 Å². The molecule has 0 radical (unpaired) electrons. The number of allylic oxidation sites excluding steroid dienone is 1. The number of nitrogens with one attached hydrogen (secondary N) is 1. The van der Waals surface area contributed by atoms with Crippen molar-refractivity contribution in [3.8, 4) is 0 Å². The zero-order valence-electron chi connectivity index (χ0n) is 26.8. The zero-order valence-corrected chi connectivity index (χ0v) is 26.8. The highest BCUT2D eigenvalue weighted by Gasteiger charge is 2.74. The Hall–Kier alpha value is -3.50. The molecule has 0 aliphatic carbocycles. The van der Waals surface area contributed by atoms with Gasteiger partial charge in [-0.05, 0) is 31.2 Å². The third-order valence-electron chi connectivity index (χ3n) is 10.1. The van der Waals surface area contributed by atoms with Gasteiger partial charge < -0.3 is 29.7 Å². The number of rotatable bonds is 8. The van der Waals surface area contributed by atoms with Gasteiger partial charge >= 0.3 is 5.97 Å². The summed E-state index contributed by atoms with van der Waals surface area (Å²) in [5, 5.41) is 13.7. The molecule has 45 heavy (non-hydrogen) atoms. The van der Waals surface area contributed by atoms with Crippen LogP contribution >= 0.6 is 0 Å². The molecule has 0 saturated carbocycles. The number of likely N-dealkylation sites (tertiary alicyclic amines) is 1. The third-order valence-corrected chi connectivity index (χ3v) is 10.1. The Balaban J connectivity index is 1.61. The summed E-state index contributed by atoms with van der Waals surface area (Å²) < 4.78 is 12.2. The van der Waals surface area contributed by atoms with Crippen LogP contribution < -0.4 is 5.32 Å². The number of fused-ring (bicyclic) bond motifs is 2. The molecule has 2 fully saturated rings. The topological polar surface area (TPSA) is 125 Å². The van der Waals surface area contributed by atoms with Gasteiger partial charge in [0.15, 0.2) is 0 Å². The van der Waals surface area contributed by atoms with Gasteiger partial charge in [-0.2, -0.15) is 0 Å². The number of hydrogen-bond donors (Lipinski definition) is 2. The minimum Gasteiger partial charge on any atom is -0.463 e. The molecular weight excluding hydrogens is 574 g/mol. The molecule has 9 atom stereocenters. The third kappa shape index (κ3) is 6.06. The van der Waals surface area contributed by atoms with Crippen LogP contribution in [0.15, 0.2) is 54.6 Å². The van der Waals surface area contributed by atoms with Crippen molar-refractivity contribution >= 4 is 23.7 Å². The molecule has 10 nitrogen and oxygen atoms in total. The minimum atomic E-state index is -1.35. The second-order valence-electron chi connectivity index (χ2n) is 12.9. The van der Waals surface area contributed by atoms with Crippen molar-refractivity contribution in [3.63, 3.8) is 0 Å². The highest BCUT2D eigenvalue weighted by molar-refractivity contribution is 6.00. The Bertz CT molecular complexity index is 1320. The van der Waals surface area contributed by atoms with E-state index in [-0.39, 0.29) is 55.9 Å². The first-order chi connectivity index (χ1) is 21.7. The van der Waals surface area contributed by atoms with Gasteiger partial charge in [0.05, 0.1) is 36.6 Å². The van der Waals surface area contributed by atoms with Gasteiger partial charge in [0.1, 0.15) is 18.2 Å². The summed E-state index contributed by atoms with van der Waals surface area (Å²) in [7, 11) is 0. The molecule has 10 heteroatoms. The molecule has 3 amide bonds. The van der Waals surface area contributed by atoms with Crippen LogP contribution in [0.1, 0.15) is 71.4 Å². The summed E-state index contributed by atoms with van der Waals surface area (Å²) in [6, 6.07) is 6.80. The van der Waals surface area contributed by atoms with Gasteiger partial charge in [-0.3, -0.25) is 19.2 Å². The van der Waals surface area contributed by atoms with Crippen LogP contribution in [-0.2, 0) is 28.7 Å². The van der Waals surface area contributed by atoms with E-state index in [1.54, 1.807) is 22.0 Å². The number of ether oxygens (including phenoxy) is 2. The highest BCUT2D eigenvalue weighted by Crippen LogP contribution is 2.56. The van der Waals surface area contributed by atoms with Crippen molar-refractivity contribution in [3.05, 3.63) is 60.2 Å². The van der Waals surface area contributed by atoms with Gasteiger partial charge in [-0.15, -0.1) is 0 Å². The molecule has 1 aromatic rings. The van der Waals surface area contributed by atoms with Crippen LogP contribution in [0.4, 0.5) is 0 Å².